The van der Waals surface area contributed by atoms with E-state index in [0.717, 1.165) is 0 Å². The SMILES string of the molecule is Cl.Cl.Cl.O=C(O)CCN[C@@H]1C(O)[C@@H](NCCC(=O)O)[C@@H](O)C(NCC(=O)O)[C@H]1O. The van der Waals surface area contributed by atoms with Crippen LogP contribution in [0.5, 0.6) is 0 Å². The Bertz CT molecular complexity index is 484. The Labute approximate surface area is 185 Å². The molecule has 9 N–H and O–H groups in total. The van der Waals surface area contributed by atoms with E-state index in [2.05, 4.69) is 16.0 Å². The molecule has 0 spiro atoms. The lowest BCUT2D eigenvalue weighted by Gasteiger charge is -2.47. The molecule has 0 aromatic heterocycles. The summed E-state index contributed by atoms with van der Waals surface area (Å²) in [5, 5.41) is 65.1. The van der Waals surface area contributed by atoms with E-state index in [1.165, 1.54) is 0 Å². The van der Waals surface area contributed by atoms with Crippen LogP contribution in [0.25, 0.3) is 0 Å². The van der Waals surface area contributed by atoms with Gasteiger partial charge in [-0.2, -0.15) is 0 Å². The highest BCUT2D eigenvalue weighted by molar-refractivity contribution is 5.86. The average molecular weight is 489 g/mol. The number of carboxylic acid groups (broad SMARTS) is 3. The maximum Gasteiger partial charge on any atom is 0.317 e. The molecule has 0 aromatic carbocycles. The predicted octanol–water partition coefficient (Wildman–Crippen LogP) is -2.74. The van der Waals surface area contributed by atoms with Crippen LogP contribution in [0.3, 0.4) is 0 Å². The van der Waals surface area contributed by atoms with Gasteiger partial charge in [0.25, 0.3) is 0 Å². The van der Waals surface area contributed by atoms with Crippen LogP contribution in [0.15, 0.2) is 0 Å². The summed E-state index contributed by atoms with van der Waals surface area (Å²) >= 11 is 0. The molecule has 0 amide bonds. The maximum absolute atomic E-state index is 10.7. The molecule has 6 atom stereocenters. The Morgan fingerprint density at radius 3 is 1.17 bits per heavy atom. The van der Waals surface area contributed by atoms with Crippen molar-refractivity contribution in [3.05, 3.63) is 0 Å². The summed E-state index contributed by atoms with van der Waals surface area (Å²) in [5.41, 5.74) is 0. The van der Waals surface area contributed by atoms with Crippen molar-refractivity contribution in [1.82, 2.24) is 16.0 Å². The van der Waals surface area contributed by atoms with Gasteiger partial charge in [-0.05, 0) is 0 Å². The van der Waals surface area contributed by atoms with Gasteiger partial charge in [-0.1, -0.05) is 0 Å². The Kier molecular flexibility index (Phi) is 17.8. The number of aliphatic hydroxyl groups is 3. The zero-order chi connectivity index (χ0) is 19.9. The zero-order valence-electron chi connectivity index (χ0n) is 15.1. The van der Waals surface area contributed by atoms with Crippen LogP contribution in [0, 0.1) is 0 Å². The minimum atomic E-state index is -1.41. The molecule has 0 saturated heterocycles. The molecule has 1 aliphatic carbocycles. The fourth-order valence-electron chi connectivity index (χ4n) is 2.90. The van der Waals surface area contributed by atoms with Crippen molar-refractivity contribution < 1.29 is 45.0 Å². The molecule has 12 nitrogen and oxygen atoms in total. The smallest absolute Gasteiger partial charge is 0.317 e. The summed E-state index contributed by atoms with van der Waals surface area (Å²) in [6, 6.07) is -3.27. The third-order valence-electron chi connectivity index (χ3n) is 4.13. The van der Waals surface area contributed by atoms with Crippen LogP contribution in [-0.2, 0) is 14.4 Å². The number of hydrogen-bond donors (Lipinski definition) is 9. The molecule has 1 aliphatic rings. The monoisotopic (exact) mass is 487 g/mol. The normalized spacial score (nSPS) is 28.2. The number of rotatable bonds is 11. The Hall–Kier alpha value is -0.960. The fraction of sp³-hybridized carbons (Fsp3) is 0.786. The van der Waals surface area contributed by atoms with Gasteiger partial charge < -0.3 is 41.3 Å². The minimum Gasteiger partial charge on any atom is -0.481 e. The largest absolute Gasteiger partial charge is 0.481 e. The van der Waals surface area contributed by atoms with Crippen LogP contribution in [0.1, 0.15) is 12.8 Å². The second-order valence-electron chi connectivity index (χ2n) is 6.02. The van der Waals surface area contributed by atoms with Crippen molar-refractivity contribution in [3.63, 3.8) is 0 Å². The summed E-state index contributed by atoms with van der Waals surface area (Å²) in [5.74, 6) is -3.40. The summed E-state index contributed by atoms with van der Waals surface area (Å²) in [6.07, 6.45) is -4.74. The van der Waals surface area contributed by atoms with Gasteiger partial charge in [0.05, 0.1) is 55.8 Å². The van der Waals surface area contributed by atoms with Crippen LogP contribution in [0.2, 0.25) is 0 Å². The maximum atomic E-state index is 10.7. The number of halogens is 3. The van der Waals surface area contributed by atoms with Gasteiger partial charge in [0, 0.05) is 13.1 Å². The van der Waals surface area contributed by atoms with Crippen molar-refractivity contribution >= 4 is 55.1 Å². The van der Waals surface area contributed by atoms with Gasteiger partial charge in [0.1, 0.15) is 0 Å². The molecule has 0 aliphatic heterocycles. The first-order valence-corrected chi connectivity index (χ1v) is 8.05. The van der Waals surface area contributed by atoms with Crippen LogP contribution in [-0.4, -0.2) is 105 Å². The van der Waals surface area contributed by atoms with E-state index in [4.69, 9.17) is 15.3 Å². The second-order valence-corrected chi connectivity index (χ2v) is 6.02. The predicted molar refractivity (Wildman–Crippen MR) is 107 cm³/mol. The molecule has 15 heteroatoms. The Morgan fingerprint density at radius 2 is 0.897 bits per heavy atom. The quantitative estimate of drug-likeness (QED) is 0.145. The highest BCUT2D eigenvalue weighted by Crippen LogP contribution is 2.22. The molecule has 2 unspecified atom stereocenters. The summed E-state index contributed by atoms with van der Waals surface area (Å²) in [6.45, 7) is -0.700. The van der Waals surface area contributed by atoms with Crippen LogP contribution >= 0.6 is 37.2 Å². The number of aliphatic hydroxyl groups excluding tert-OH is 3. The zero-order valence-corrected chi connectivity index (χ0v) is 17.6. The van der Waals surface area contributed by atoms with Gasteiger partial charge in [-0.15, -0.1) is 37.2 Å². The number of nitrogens with one attached hydrogen (secondary N) is 3. The van der Waals surface area contributed by atoms with E-state index in [1.807, 2.05) is 0 Å². The molecule has 174 valence electrons. The van der Waals surface area contributed by atoms with Crippen molar-refractivity contribution in [2.75, 3.05) is 19.6 Å². The standard InChI is InChI=1S/C14H25N3O9.3ClH/c18-6(19)1-3-15-9-12(24)10(16-4-2-7(20)21)14(26)11(13(9)25)17-5-8(22)23;;;/h9-17,24-26H,1-5H2,(H,18,19)(H,20,21)(H,22,23);3*1H/t9-,10-,11?,12?,13-,14+;;;/m1.../s1. The minimum absolute atomic E-state index is 0. The van der Waals surface area contributed by atoms with Crippen LogP contribution in [0.4, 0.5) is 0 Å². The molecule has 0 radical (unpaired) electrons. The molecular formula is C14H28Cl3N3O9. The lowest BCUT2D eigenvalue weighted by Crippen LogP contribution is -2.74. The lowest BCUT2D eigenvalue weighted by molar-refractivity contribution is -0.139. The van der Waals surface area contributed by atoms with Gasteiger partial charge in [-0.3, -0.25) is 19.7 Å². The highest BCUT2D eigenvalue weighted by Gasteiger charge is 2.48. The molecule has 0 bridgehead atoms. The van der Waals surface area contributed by atoms with E-state index in [9.17, 15) is 29.7 Å². The van der Waals surface area contributed by atoms with Crippen molar-refractivity contribution in [1.29, 1.82) is 0 Å². The van der Waals surface area contributed by atoms with Gasteiger partial charge in [0.15, 0.2) is 0 Å². The molecule has 1 fully saturated rings. The van der Waals surface area contributed by atoms with E-state index < -0.39 is 60.9 Å². The van der Waals surface area contributed by atoms with Crippen molar-refractivity contribution in [3.8, 4) is 0 Å². The molecule has 29 heavy (non-hydrogen) atoms. The molecule has 0 aromatic rings. The molecule has 0 heterocycles. The molecule has 1 saturated carbocycles. The topological polar surface area (TPSA) is 209 Å². The number of aliphatic carboxylic acids is 3. The van der Waals surface area contributed by atoms with Crippen LogP contribution < -0.4 is 16.0 Å². The fourth-order valence-corrected chi connectivity index (χ4v) is 2.90. The van der Waals surface area contributed by atoms with Gasteiger partial charge >= 0.3 is 17.9 Å². The molecule has 1 rings (SSSR count). The number of carboxylic acids is 3. The van der Waals surface area contributed by atoms with Crippen molar-refractivity contribution in [2.45, 2.75) is 49.3 Å². The Balaban J connectivity index is -0.00000225. The van der Waals surface area contributed by atoms with E-state index in [0.29, 0.717) is 0 Å². The van der Waals surface area contributed by atoms with Gasteiger partial charge in [-0.25, -0.2) is 0 Å². The summed E-state index contributed by atoms with van der Waals surface area (Å²) in [7, 11) is 0. The molecular weight excluding hydrogens is 461 g/mol. The first kappa shape index (κ1) is 32.7. The second kappa shape index (κ2) is 15.8. The third kappa shape index (κ3) is 10.6. The first-order valence-electron chi connectivity index (χ1n) is 8.05. The average Bonchev–Trinajstić information content (AvgIpc) is 2.53. The highest BCUT2D eigenvalue weighted by atomic mass is 35.5. The van der Waals surface area contributed by atoms with E-state index in [-0.39, 0.29) is 63.2 Å². The first-order chi connectivity index (χ1) is 12.1. The number of carbonyl (C=O) groups is 3. The summed E-state index contributed by atoms with van der Waals surface area (Å²) < 4.78 is 0. The van der Waals surface area contributed by atoms with Crippen molar-refractivity contribution in [2.24, 2.45) is 0 Å². The van der Waals surface area contributed by atoms with E-state index >= 15 is 0 Å². The Morgan fingerprint density at radius 1 is 0.586 bits per heavy atom. The van der Waals surface area contributed by atoms with Gasteiger partial charge in [0.2, 0.25) is 0 Å². The number of hydrogen-bond acceptors (Lipinski definition) is 9. The summed E-state index contributed by atoms with van der Waals surface area (Å²) in [4.78, 5) is 32.0. The lowest BCUT2D eigenvalue weighted by atomic mass is 9.79. The van der Waals surface area contributed by atoms with E-state index in [1.54, 1.807) is 0 Å². The third-order valence-corrected chi connectivity index (χ3v) is 4.13.